The van der Waals surface area contributed by atoms with Gasteiger partial charge in [-0.2, -0.15) is 0 Å². The lowest BCUT2D eigenvalue weighted by Gasteiger charge is -2.12. The van der Waals surface area contributed by atoms with Crippen molar-refractivity contribution in [1.29, 1.82) is 0 Å². The molecule has 1 aliphatic heterocycles. The smallest absolute Gasteiger partial charge is 0.251 e. The molecule has 0 bridgehead atoms. The molecule has 0 fully saturated rings. The summed E-state index contributed by atoms with van der Waals surface area (Å²) < 4.78 is 13.3. The number of rotatable bonds is 5. The number of amides is 1. The van der Waals surface area contributed by atoms with Gasteiger partial charge in [0, 0.05) is 25.1 Å². The molecule has 1 aromatic heterocycles. The van der Waals surface area contributed by atoms with Gasteiger partial charge in [0.25, 0.3) is 5.91 Å². The van der Waals surface area contributed by atoms with Crippen molar-refractivity contribution in [2.45, 2.75) is 19.4 Å². The number of ether oxygens (including phenoxy) is 2. The molecule has 1 amide bonds. The summed E-state index contributed by atoms with van der Waals surface area (Å²) in [4.78, 5) is 16.8. The summed E-state index contributed by atoms with van der Waals surface area (Å²) in [5, 5.41) is 3.32. The summed E-state index contributed by atoms with van der Waals surface area (Å²) in [5.41, 5.74) is 2.54. The van der Waals surface area contributed by atoms with Crippen LogP contribution in [0.25, 0.3) is 11.0 Å². The van der Waals surface area contributed by atoms with Crippen molar-refractivity contribution in [3.8, 4) is 11.5 Å². The van der Waals surface area contributed by atoms with Crippen LogP contribution in [0.4, 0.5) is 0 Å². The first-order valence-corrected chi connectivity index (χ1v) is 9.37. The number of aryl methyl sites for hydroxylation is 1. The van der Waals surface area contributed by atoms with Gasteiger partial charge in [-0.25, -0.2) is 4.98 Å². The molecular formula is C20H20ClN3O3. The molecule has 0 unspecified atom stereocenters. The van der Waals surface area contributed by atoms with Crippen molar-refractivity contribution in [3.63, 3.8) is 0 Å². The number of hydrogen-bond donors (Lipinski definition) is 1. The van der Waals surface area contributed by atoms with Crippen LogP contribution in [-0.4, -0.2) is 35.2 Å². The summed E-state index contributed by atoms with van der Waals surface area (Å²) in [6, 6.07) is 11.3. The number of benzene rings is 2. The number of halogens is 1. The van der Waals surface area contributed by atoms with E-state index in [1.165, 1.54) is 0 Å². The molecule has 2 heterocycles. The maximum Gasteiger partial charge on any atom is 0.251 e. The van der Waals surface area contributed by atoms with Crippen molar-refractivity contribution in [3.05, 3.63) is 53.3 Å². The number of hydrogen-bond acceptors (Lipinski definition) is 4. The Hall–Kier alpha value is -2.73. The number of para-hydroxylation sites is 2. The van der Waals surface area contributed by atoms with E-state index in [4.69, 9.17) is 21.1 Å². The Balaban J connectivity index is 1.35. The van der Waals surface area contributed by atoms with Gasteiger partial charge in [-0.05, 0) is 30.7 Å². The number of fused-ring (bicyclic) bond motifs is 2. The van der Waals surface area contributed by atoms with Crippen LogP contribution < -0.4 is 14.8 Å². The Kier molecular flexibility index (Phi) is 5.16. The number of nitrogens with zero attached hydrogens (tertiary/aromatic N) is 2. The predicted molar refractivity (Wildman–Crippen MR) is 104 cm³/mol. The topological polar surface area (TPSA) is 65.4 Å². The van der Waals surface area contributed by atoms with Crippen LogP contribution in [0.2, 0.25) is 5.02 Å². The summed E-state index contributed by atoms with van der Waals surface area (Å²) in [6.45, 7) is 2.44. The van der Waals surface area contributed by atoms with Gasteiger partial charge < -0.3 is 19.4 Å². The zero-order valence-corrected chi connectivity index (χ0v) is 15.5. The standard InChI is InChI=1S/C20H20ClN3O3/c21-15-11-14(12-18-19(15)27-10-4-9-26-18)20(25)22-7-3-8-24-13-23-16-5-1-2-6-17(16)24/h1-2,5-6,11-13H,3-4,7-10H2,(H,22,25). The molecule has 3 aromatic rings. The van der Waals surface area contributed by atoms with Crippen molar-refractivity contribution < 1.29 is 14.3 Å². The van der Waals surface area contributed by atoms with Crippen LogP contribution in [0.5, 0.6) is 11.5 Å². The fraction of sp³-hybridized carbons (Fsp3) is 0.300. The number of aromatic nitrogens is 2. The van der Waals surface area contributed by atoms with Crippen LogP contribution in [0.1, 0.15) is 23.2 Å². The number of imidazole rings is 1. The maximum atomic E-state index is 12.5. The third-order valence-corrected chi connectivity index (χ3v) is 4.73. The van der Waals surface area contributed by atoms with Crippen LogP contribution >= 0.6 is 11.6 Å². The first kappa shape index (κ1) is 17.7. The molecule has 0 saturated carbocycles. The van der Waals surface area contributed by atoms with Crippen molar-refractivity contribution >= 4 is 28.5 Å². The highest BCUT2D eigenvalue weighted by Crippen LogP contribution is 2.37. The van der Waals surface area contributed by atoms with E-state index in [9.17, 15) is 4.79 Å². The van der Waals surface area contributed by atoms with Crippen molar-refractivity contribution in [2.24, 2.45) is 0 Å². The Morgan fingerprint density at radius 1 is 1.22 bits per heavy atom. The summed E-state index contributed by atoms with van der Waals surface area (Å²) in [5.74, 6) is 0.857. The second kappa shape index (κ2) is 7.88. The lowest BCUT2D eigenvalue weighted by atomic mass is 10.2. The normalized spacial score (nSPS) is 13.4. The molecule has 4 rings (SSSR count). The van der Waals surface area contributed by atoms with Crippen LogP contribution in [0, 0.1) is 0 Å². The minimum absolute atomic E-state index is 0.178. The molecule has 0 radical (unpaired) electrons. The number of carbonyl (C=O) groups is 1. The van der Waals surface area contributed by atoms with E-state index in [2.05, 4.69) is 14.9 Å². The van der Waals surface area contributed by atoms with Gasteiger partial charge in [0.1, 0.15) is 0 Å². The van der Waals surface area contributed by atoms with Gasteiger partial charge in [0.2, 0.25) is 0 Å². The van der Waals surface area contributed by atoms with Crippen molar-refractivity contribution in [2.75, 3.05) is 19.8 Å². The summed E-state index contributed by atoms with van der Waals surface area (Å²) in [6.07, 6.45) is 3.41. The summed E-state index contributed by atoms with van der Waals surface area (Å²) >= 11 is 6.25. The highest BCUT2D eigenvalue weighted by molar-refractivity contribution is 6.32. The van der Waals surface area contributed by atoms with E-state index >= 15 is 0 Å². The Bertz CT molecular complexity index is 970. The predicted octanol–water partition coefficient (Wildman–Crippen LogP) is 3.67. The average molecular weight is 386 g/mol. The Morgan fingerprint density at radius 2 is 2.07 bits per heavy atom. The van der Waals surface area contributed by atoms with E-state index < -0.39 is 0 Å². The third kappa shape index (κ3) is 3.85. The summed E-state index contributed by atoms with van der Waals surface area (Å²) in [7, 11) is 0. The van der Waals surface area contributed by atoms with Gasteiger partial charge in [-0.1, -0.05) is 23.7 Å². The average Bonchev–Trinajstić information content (AvgIpc) is 2.93. The van der Waals surface area contributed by atoms with Crippen molar-refractivity contribution in [1.82, 2.24) is 14.9 Å². The number of nitrogens with one attached hydrogen (secondary N) is 1. The third-order valence-electron chi connectivity index (χ3n) is 4.45. The van der Waals surface area contributed by atoms with E-state index in [0.717, 1.165) is 30.4 Å². The second-order valence-corrected chi connectivity index (χ2v) is 6.78. The lowest BCUT2D eigenvalue weighted by molar-refractivity contribution is 0.0952. The first-order chi connectivity index (χ1) is 13.2. The fourth-order valence-electron chi connectivity index (χ4n) is 3.10. The van der Waals surface area contributed by atoms with Crippen LogP contribution in [0.15, 0.2) is 42.7 Å². The van der Waals surface area contributed by atoms with Gasteiger partial charge in [-0.15, -0.1) is 0 Å². The van der Waals surface area contributed by atoms with E-state index in [1.807, 2.05) is 30.6 Å². The molecule has 1 N–H and O–H groups in total. The minimum atomic E-state index is -0.178. The molecule has 6 nitrogen and oxygen atoms in total. The van der Waals surface area contributed by atoms with E-state index in [-0.39, 0.29) is 5.91 Å². The van der Waals surface area contributed by atoms with E-state index in [1.54, 1.807) is 12.1 Å². The SMILES string of the molecule is O=C(NCCCn1cnc2ccccc21)c1cc(Cl)c2c(c1)OCCCO2. The van der Waals surface area contributed by atoms with E-state index in [0.29, 0.717) is 41.8 Å². The Morgan fingerprint density at radius 3 is 3.00 bits per heavy atom. The molecule has 1 aliphatic rings. The molecule has 2 aromatic carbocycles. The van der Waals surface area contributed by atoms with Gasteiger partial charge in [0.05, 0.1) is 35.6 Å². The molecular weight excluding hydrogens is 366 g/mol. The highest BCUT2D eigenvalue weighted by atomic mass is 35.5. The van der Waals surface area contributed by atoms with Crippen LogP contribution in [-0.2, 0) is 6.54 Å². The zero-order chi connectivity index (χ0) is 18.6. The highest BCUT2D eigenvalue weighted by Gasteiger charge is 2.18. The molecule has 0 atom stereocenters. The molecule has 27 heavy (non-hydrogen) atoms. The van der Waals surface area contributed by atoms with Gasteiger partial charge >= 0.3 is 0 Å². The van der Waals surface area contributed by atoms with Gasteiger partial charge in [0.15, 0.2) is 11.5 Å². The molecule has 140 valence electrons. The number of carbonyl (C=O) groups excluding carboxylic acids is 1. The van der Waals surface area contributed by atoms with Gasteiger partial charge in [-0.3, -0.25) is 4.79 Å². The quantitative estimate of drug-likeness (QED) is 0.680. The minimum Gasteiger partial charge on any atom is -0.489 e. The largest absolute Gasteiger partial charge is 0.489 e. The maximum absolute atomic E-state index is 12.5. The fourth-order valence-corrected chi connectivity index (χ4v) is 3.37. The molecule has 7 heteroatoms. The molecule has 0 saturated heterocycles. The first-order valence-electron chi connectivity index (χ1n) is 8.99. The lowest BCUT2D eigenvalue weighted by Crippen LogP contribution is -2.25. The molecule has 0 spiro atoms. The zero-order valence-electron chi connectivity index (χ0n) is 14.8. The van der Waals surface area contributed by atoms with Crippen LogP contribution in [0.3, 0.4) is 0 Å². The Labute approximate surface area is 162 Å². The second-order valence-electron chi connectivity index (χ2n) is 6.37. The molecule has 0 aliphatic carbocycles. The monoisotopic (exact) mass is 385 g/mol.